The van der Waals surface area contributed by atoms with Crippen molar-refractivity contribution in [1.82, 2.24) is 10.3 Å². The number of thioether (sulfide) groups is 1. The molecule has 2 rings (SSSR count). The largest absolute Gasteiger partial charge is 0.302 e. The molecule has 0 bridgehead atoms. The lowest BCUT2D eigenvalue weighted by molar-refractivity contribution is 0.323. The monoisotopic (exact) mass is 253 g/mol. The molecule has 3 nitrogen and oxygen atoms in total. The van der Waals surface area contributed by atoms with E-state index in [-0.39, 0.29) is 5.54 Å². The van der Waals surface area contributed by atoms with Crippen LogP contribution in [0.3, 0.4) is 0 Å². The molecule has 0 amide bonds. The molecule has 16 heavy (non-hydrogen) atoms. The van der Waals surface area contributed by atoms with Gasteiger partial charge < -0.3 is 5.32 Å². The van der Waals surface area contributed by atoms with E-state index in [1.54, 1.807) is 11.3 Å². The van der Waals surface area contributed by atoms with Crippen LogP contribution in [0, 0.1) is 11.3 Å². The lowest BCUT2D eigenvalue weighted by Crippen LogP contribution is -2.46. The molecule has 1 aliphatic carbocycles. The molecule has 1 aromatic heterocycles. The van der Waals surface area contributed by atoms with E-state index >= 15 is 0 Å². The highest BCUT2D eigenvalue weighted by atomic mass is 32.2. The first kappa shape index (κ1) is 11.9. The second-order valence-corrected chi connectivity index (χ2v) is 6.52. The number of hydrogen-bond donors (Lipinski definition) is 1. The van der Waals surface area contributed by atoms with Crippen LogP contribution in [0.2, 0.25) is 0 Å². The summed E-state index contributed by atoms with van der Waals surface area (Å²) in [5.41, 5.74) is -0.312. The molecule has 1 fully saturated rings. The van der Waals surface area contributed by atoms with Gasteiger partial charge in [0, 0.05) is 16.8 Å². The van der Waals surface area contributed by atoms with Gasteiger partial charge in [0.2, 0.25) is 0 Å². The highest BCUT2D eigenvalue weighted by molar-refractivity contribution is 8.01. The fourth-order valence-electron chi connectivity index (χ4n) is 2.12. The minimum atomic E-state index is -0.312. The number of rotatable bonds is 3. The summed E-state index contributed by atoms with van der Waals surface area (Å²) < 4.78 is 1.12. The van der Waals surface area contributed by atoms with Crippen LogP contribution in [0.1, 0.15) is 25.7 Å². The molecule has 2 unspecified atom stereocenters. The second-order valence-electron chi connectivity index (χ2n) is 4.08. The molecule has 1 aromatic rings. The predicted molar refractivity (Wildman–Crippen MR) is 67.6 cm³/mol. The van der Waals surface area contributed by atoms with Crippen LogP contribution in [-0.2, 0) is 0 Å². The smallest absolute Gasteiger partial charge is 0.150 e. The molecule has 0 saturated heterocycles. The Morgan fingerprint density at radius 1 is 1.75 bits per heavy atom. The average molecular weight is 253 g/mol. The molecule has 0 aromatic carbocycles. The number of nitrogens with zero attached hydrogens (tertiary/aromatic N) is 2. The number of hydrogen-bond acceptors (Lipinski definition) is 5. The molecule has 1 aliphatic rings. The first-order valence-electron chi connectivity index (χ1n) is 5.44. The lowest BCUT2D eigenvalue weighted by Gasteiger charge is -2.34. The third kappa shape index (κ3) is 2.57. The molecule has 0 radical (unpaired) electrons. The van der Waals surface area contributed by atoms with E-state index in [0.29, 0.717) is 5.25 Å². The summed E-state index contributed by atoms with van der Waals surface area (Å²) in [6.07, 6.45) is 6.04. The molecule has 1 saturated carbocycles. The van der Waals surface area contributed by atoms with E-state index in [1.807, 2.05) is 30.4 Å². The molecule has 0 aliphatic heterocycles. The maximum Gasteiger partial charge on any atom is 0.150 e. The summed E-state index contributed by atoms with van der Waals surface area (Å²) in [6, 6.07) is 2.44. The van der Waals surface area contributed by atoms with Crippen molar-refractivity contribution in [1.29, 1.82) is 5.26 Å². The van der Waals surface area contributed by atoms with Gasteiger partial charge in [0.1, 0.15) is 9.88 Å². The fourth-order valence-corrected chi connectivity index (χ4v) is 4.34. The minimum absolute atomic E-state index is 0.312. The highest BCUT2D eigenvalue weighted by Crippen LogP contribution is 2.38. The zero-order valence-electron chi connectivity index (χ0n) is 9.27. The van der Waals surface area contributed by atoms with Crippen molar-refractivity contribution in [3.63, 3.8) is 0 Å². The molecule has 0 spiro atoms. The average Bonchev–Trinajstić information content (AvgIpc) is 2.82. The van der Waals surface area contributed by atoms with Gasteiger partial charge in [-0.1, -0.05) is 11.8 Å². The van der Waals surface area contributed by atoms with Gasteiger partial charge in [0.15, 0.2) is 0 Å². The van der Waals surface area contributed by atoms with E-state index < -0.39 is 0 Å². The van der Waals surface area contributed by atoms with Crippen molar-refractivity contribution in [3.8, 4) is 6.07 Å². The van der Waals surface area contributed by atoms with Crippen LogP contribution in [0.4, 0.5) is 0 Å². The molecular weight excluding hydrogens is 238 g/mol. The maximum atomic E-state index is 9.25. The van der Waals surface area contributed by atoms with E-state index in [4.69, 9.17) is 0 Å². The number of nitriles is 1. The fraction of sp³-hybridized carbons (Fsp3) is 0.636. The quantitative estimate of drug-likeness (QED) is 0.899. The molecule has 5 heteroatoms. The van der Waals surface area contributed by atoms with Crippen molar-refractivity contribution in [2.75, 3.05) is 7.05 Å². The van der Waals surface area contributed by atoms with E-state index in [2.05, 4.69) is 16.4 Å². The third-order valence-electron chi connectivity index (χ3n) is 3.08. The third-order valence-corrected chi connectivity index (χ3v) is 5.26. The Labute approximate surface area is 104 Å². The molecular formula is C11H15N3S2. The maximum absolute atomic E-state index is 9.25. The van der Waals surface area contributed by atoms with Gasteiger partial charge in [-0.25, -0.2) is 4.98 Å². The predicted octanol–water partition coefficient (Wildman–Crippen LogP) is 2.66. The SMILES string of the molecule is CNC1(C#N)CCCC(Sc2nccs2)C1. The van der Waals surface area contributed by atoms with Crippen molar-refractivity contribution in [3.05, 3.63) is 11.6 Å². The summed E-state index contributed by atoms with van der Waals surface area (Å²) in [4.78, 5) is 4.29. The summed E-state index contributed by atoms with van der Waals surface area (Å²) >= 11 is 3.50. The van der Waals surface area contributed by atoms with Crippen LogP contribution >= 0.6 is 23.1 Å². The summed E-state index contributed by atoms with van der Waals surface area (Å²) in [5, 5.41) is 15.0. The minimum Gasteiger partial charge on any atom is -0.302 e. The molecule has 1 N–H and O–H groups in total. The molecule has 86 valence electrons. The zero-order valence-corrected chi connectivity index (χ0v) is 10.9. The first-order valence-corrected chi connectivity index (χ1v) is 7.20. The van der Waals surface area contributed by atoms with Crippen LogP contribution < -0.4 is 5.32 Å². The summed E-state index contributed by atoms with van der Waals surface area (Å²) in [7, 11) is 1.89. The Morgan fingerprint density at radius 3 is 3.25 bits per heavy atom. The van der Waals surface area contributed by atoms with Crippen molar-refractivity contribution < 1.29 is 0 Å². The van der Waals surface area contributed by atoms with E-state index in [0.717, 1.165) is 23.6 Å². The topological polar surface area (TPSA) is 48.7 Å². The Hall–Kier alpha value is -0.570. The molecule has 1 heterocycles. The van der Waals surface area contributed by atoms with Gasteiger partial charge in [-0.2, -0.15) is 5.26 Å². The van der Waals surface area contributed by atoms with Crippen LogP contribution in [-0.4, -0.2) is 22.8 Å². The van der Waals surface area contributed by atoms with Crippen molar-refractivity contribution in [2.24, 2.45) is 0 Å². The van der Waals surface area contributed by atoms with Gasteiger partial charge in [-0.05, 0) is 32.7 Å². The van der Waals surface area contributed by atoms with Gasteiger partial charge >= 0.3 is 0 Å². The van der Waals surface area contributed by atoms with E-state index in [1.165, 1.54) is 6.42 Å². The van der Waals surface area contributed by atoms with Crippen LogP contribution in [0.25, 0.3) is 0 Å². The summed E-state index contributed by atoms with van der Waals surface area (Å²) in [5.74, 6) is 0. The van der Waals surface area contributed by atoms with Crippen LogP contribution in [0.15, 0.2) is 15.9 Å². The Morgan fingerprint density at radius 2 is 2.62 bits per heavy atom. The normalized spacial score (nSPS) is 29.9. The van der Waals surface area contributed by atoms with Crippen molar-refractivity contribution in [2.45, 2.75) is 40.8 Å². The Kier molecular flexibility index (Phi) is 3.85. The molecule has 2 atom stereocenters. The lowest BCUT2D eigenvalue weighted by atomic mass is 9.83. The van der Waals surface area contributed by atoms with Gasteiger partial charge in [-0.3, -0.25) is 0 Å². The van der Waals surface area contributed by atoms with Crippen LogP contribution in [0.5, 0.6) is 0 Å². The van der Waals surface area contributed by atoms with Gasteiger partial charge in [0.25, 0.3) is 0 Å². The highest BCUT2D eigenvalue weighted by Gasteiger charge is 2.35. The zero-order chi connectivity index (χ0) is 11.4. The summed E-state index contributed by atoms with van der Waals surface area (Å²) in [6.45, 7) is 0. The van der Waals surface area contributed by atoms with E-state index in [9.17, 15) is 5.26 Å². The number of thiazole rings is 1. The Bertz CT molecular complexity index is 371. The number of nitrogens with one attached hydrogen (secondary N) is 1. The standard InChI is InChI=1S/C11H15N3S2/c1-13-11(8-12)4-2-3-9(7-11)16-10-14-5-6-15-10/h5-6,9,13H,2-4,7H2,1H3. The van der Waals surface area contributed by atoms with Gasteiger partial charge in [0.05, 0.1) is 6.07 Å². The number of aromatic nitrogens is 1. The van der Waals surface area contributed by atoms with Crippen molar-refractivity contribution >= 4 is 23.1 Å². The Balaban J connectivity index is 2.00. The first-order chi connectivity index (χ1) is 7.78. The van der Waals surface area contributed by atoms with Gasteiger partial charge in [-0.15, -0.1) is 11.3 Å². The second kappa shape index (κ2) is 5.17.